The van der Waals surface area contributed by atoms with Crippen LogP contribution in [0.4, 0.5) is 5.69 Å². The lowest BCUT2D eigenvalue weighted by atomic mass is 10.1. The van der Waals surface area contributed by atoms with Crippen LogP contribution in [-0.4, -0.2) is 24.5 Å². The van der Waals surface area contributed by atoms with Crippen LogP contribution in [0.15, 0.2) is 84.4 Å². The first-order valence-electron chi connectivity index (χ1n) is 10.3. The summed E-state index contributed by atoms with van der Waals surface area (Å²) in [5.41, 5.74) is 2.75. The van der Waals surface area contributed by atoms with Crippen LogP contribution in [0.1, 0.15) is 23.0 Å². The molecule has 1 heterocycles. The van der Waals surface area contributed by atoms with E-state index in [2.05, 4.69) is 5.32 Å². The van der Waals surface area contributed by atoms with Crippen LogP contribution < -0.4 is 10.1 Å². The molecule has 3 aromatic rings. The van der Waals surface area contributed by atoms with E-state index >= 15 is 0 Å². The van der Waals surface area contributed by atoms with Crippen molar-refractivity contribution in [2.45, 2.75) is 13.2 Å². The van der Waals surface area contributed by atoms with E-state index in [0.717, 1.165) is 5.56 Å². The Balaban J connectivity index is 1.34. The molecule has 0 saturated carbocycles. The number of hydrogen-bond acceptors (Lipinski definition) is 6. The van der Waals surface area contributed by atoms with E-state index in [0.29, 0.717) is 22.6 Å². The van der Waals surface area contributed by atoms with E-state index in [1.165, 1.54) is 6.08 Å². The van der Waals surface area contributed by atoms with Crippen LogP contribution >= 0.6 is 0 Å². The zero-order valence-corrected chi connectivity index (χ0v) is 17.8. The van der Waals surface area contributed by atoms with Crippen molar-refractivity contribution in [2.75, 3.05) is 11.9 Å². The normalized spacial score (nSPS) is 15.3. The lowest BCUT2D eigenvalue weighted by molar-refractivity contribution is -0.195. The van der Waals surface area contributed by atoms with Gasteiger partial charge in [-0.1, -0.05) is 60.2 Å². The summed E-state index contributed by atoms with van der Waals surface area (Å²) in [4.78, 5) is 36.7. The third kappa shape index (κ3) is 5.65. The highest BCUT2D eigenvalue weighted by molar-refractivity contribution is 6.18. The first-order chi connectivity index (χ1) is 16.0. The van der Waals surface area contributed by atoms with Crippen molar-refractivity contribution in [3.8, 4) is 5.75 Å². The Morgan fingerprint density at radius 1 is 0.909 bits per heavy atom. The van der Waals surface area contributed by atoms with Gasteiger partial charge in [0.15, 0.2) is 6.61 Å². The van der Waals surface area contributed by atoms with Gasteiger partial charge in [-0.25, -0.2) is 9.59 Å². The van der Waals surface area contributed by atoms with Gasteiger partial charge in [-0.05, 0) is 42.8 Å². The molecule has 7 nitrogen and oxygen atoms in total. The van der Waals surface area contributed by atoms with Gasteiger partial charge in [-0.2, -0.15) is 0 Å². The van der Waals surface area contributed by atoms with Crippen LogP contribution in [0.2, 0.25) is 0 Å². The molecular formula is C26H21NO6. The van der Waals surface area contributed by atoms with Crippen LogP contribution in [0.5, 0.6) is 5.75 Å². The number of carbonyl (C=O) groups is 3. The van der Waals surface area contributed by atoms with Crippen molar-refractivity contribution in [2.24, 2.45) is 0 Å². The third-order valence-corrected chi connectivity index (χ3v) is 4.84. The molecule has 1 saturated heterocycles. The third-order valence-electron chi connectivity index (χ3n) is 4.84. The molecule has 0 bridgehead atoms. The fourth-order valence-corrected chi connectivity index (χ4v) is 3.10. The quantitative estimate of drug-likeness (QED) is 0.349. The monoisotopic (exact) mass is 443 g/mol. The van der Waals surface area contributed by atoms with Crippen LogP contribution in [0.3, 0.4) is 0 Å². The summed E-state index contributed by atoms with van der Waals surface area (Å²) in [5.74, 6) is -1.33. The molecule has 1 amide bonds. The van der Waals surface area contributed by atoms with Gasteiger partial charge in [0.1, 0.15) is 11.3 Å². The number of rotatable bonds is 6. The molecule has 1 aliphatic rings. The number of anilines is 1. The molecule has 1 fully saturated rings. The molecule has 166 valence electrons. The highest BCUT2D eigenvalue weighted by Gasteiger charge is 2.34. The van der Waals surface area contributed by atoms with Crippen LogP contribution in [0.25, 0.3) is 6.08 Å². The van der Waals surface area contributed by atoms with Crippen molar-refractivity contribution in [1.29, 1.82) is 0 Å². The number of esters is 2. The predicted octanol–water partition coefficient (Wildman–Crippen LogP) is 4.19. The minimum absolute atomic E-state index is 0.159. The summed E-state index contributed by atoms with van der Waals surface area (Å²) in [6.45, 7) is 1.81. The molecule has 0 aromatic heterocycles. The van der Waals surface area contributed by atoms with Gasteiger partial charge in [0.2, 0.25) is 0 Å². The van der Waals surface area contributed by atoms with Gasteiger partial charge < -0.3 is 19.5 Å². The number of benzene rings is 3. The number of hydrogen-bond donors (Lipinski definition) is 1. The number of amides is 1. The molecule has 33 heavy (non-hydrogen) atoms. The Morgan fingerprint density at radius 3 is 2.18 bits per heavy atom. The molecule has 4 rings (SSSR count). The van der Waals surface area contributed by atoms with Crippen LogP contribution in [-0.2, 0) is 23.9 Å². The predicted molar refractivity (Wildman–Crippen MR) is 121 cm³/mol. The maximum absolute atomic E-state index is 12.3. The van der Waals surface area contributed by atoms with E-state index in [1.807, 2.05) is 37.3 Å². The van der Waals surface area contributed by atoms with Gasteiger partial charge in [0, 0.05) is 11.3 Å². The lowest BCUT2D eigenvalue weighted by Crippen LogP contribution is -2.29. The van der Waals surface area contributed by atoms with Crippen molar-refractivity contribution in [1.82, 2.24) is 0 Å². The summed E-state index contributed by atoms with van der Waals surface area (Å²) >= 11 is 0. The van der Waals surface area contributed by atoms with Crippen molar-refractivity contribution >= 4 is 29.6 Å². The SMILES string of the molecule is Cc1ccc(NC(=O)COc2ccc(C=C3C(=O)OC(c4ccccc4)OC3=O)cc2)cc1. The Kier molecular flexibility index (Phi) is 6.50. The number of carbonyl (C=O) groups excluding carboxylic acids is 3. The Bertz CT molecular complexity index is 1160. The number of nitrogens with one attached hydrogen (secondary N) is 1. The summed E-state index contributed by atoms with van der Waals surface area (Å²) in [7, 11) is 0. The Labute approximate surface area is 190 Å². The second kappa shape index (κ2) is 9.82. The highest BCUT2D eigenvalue weighted by atomic mass is 16.7. The summed E-state index contributed by atoms with van der Waals surface area (Å²) in [6.07, 6.45) is 0.324. The molecule has 0 unspecified atom stereocenters. The number of ether oxygens (including phenoxy) is 3. The van der Waals surface area contributed by atoms with E-state index < -0.39 is 18.2 Å². The molecule has 1 aliphatic heterocycles. The molecule has 0 atom stereocenters. The van der Waals surface area contributed by atoms with Gasteiger partial charge in [0.25, 0.3) is 12.2 Å². The Morgan fingerprint density at radius 2 is 1.55 bits per heavy atom. The molecular weight excluding hydrogens is 422 g/mol. The fraction of sp³-hybridized carbons (Fsp3) is 0.115. The zero-order valence-electron chi connectivity index (χ0n) is 17.8. The first-order valence-corrected chi connectivity index (χ1v) is 10.3. The fourth-order valence-electron chi connectivity index (χ4n) is 3.10. The molecule has 0 aliphatic carbocycles. The zero-order chi connectivity index (χ0) is 23.2. The largest absolute Gasteiger partial charge is 0.484 e. The topological polar surface area (TPSA) is 90.9 Å². The van der Waals surface area contributed by atoms with Gasteiger partial charge in [0.05, 0.1) is 0 Å². The Hall–Kier alpha value is -4.39. The van der Waals surface area contributed by atoms with E-state index in [1.54, 1.807) is 48.5 Å². The van der Waals surface area contributed by atoms with Gasteiger partial charge in [-0.3, -0.25) is 4.79 Å². The van der Waals surface area contributed by atoms with E-state index in [4.69, 9.17) is 14.2 Å². The van der Waals surface area contributed by atoms with Gasteiger partial charge >= 0.3 is 11.9 Å². The summed E-state index contributed by atoms with van der Waals surface area (Å²) < 4.78 is 16.0. The highest BCUT2D eigenvalue weighted by Crippen LogP contribution is 2.27. The molecule has 1 N–H and O–H groups in total. The number of cyclic esters (lactones) is 2. The van der Waals surface area contributed by atoms with Crippen molar-refractivity contribution in [3.63, 3.8) is 0 Å². The average molecular weight is 443 g/mol. The second-order valence-electron chi connectivity index (χ2n) is 7.38. The summed E-state index contributed by atoms with van der Waals surface area (Å²) in [5, 5.41) is 2.75. The summed E-state index contributed by atoms with van der Waals surface area (Å²) in [6, 6.07) is 22.8. The molecule has 7 heteroatoms. The standard InChI is InChI=1S/C26H21NO6/c1-17-7-11-20(12-8-17)27-23(28)16-31-21-13-9-18(10-14-21)15-22-24(29)32-26(33-25(22)30)19-5-3-2-4-6-19/h2-15,26H,16H2,1H3,(H,27,28). The first kappa shape index (κ1) is 21.8. The molecule has 3 aromatic carbocycles. The van der Waals surface area contributed by atoms with Crippen molar-refractivity contribution < 1.29 is 28.6 Å². The maximum atomic E-state index is 12.3. The average Bonchev–Trinajstić information content (AvgIpc) is 2.83. The van der Waals surface area contributed by atoms with Crippen molar-refractivity contribution in [3.05, 3.63) is 101 Å². The smallest absolute Gasteiger partial charge is 0.348 e. The van der Waals surface area contributed by atoms with Gasteiger partial charge in [-0.15, -0.1) is 0 Å². The number of aryl methyl sites for hydroxylation is 1. The second-order valence-corrected chi connectivity index (χ2v) is 7.38. The van der Waals surface area contributed by atoms with Crippen LogP contribution in [0, 0.1) is 6.92 Å². The lowest BCUT2D eigenvalue weighted by Gasteiger charge is -2.23. The van der Waals surface area contributed by atoms with E-state index in [9.17, 15) is 14.4 Å². The van der Waals surface area contributed by atoms with E-state index in [-0.39, 0.29) is 18.1 Å². The minimum atomic E-state index is -1.06. The maximum Gasteiger partial charge on any atom is 0.348 e. The molecule has 0 spiro atoms. The molecule has 0 radical (unpaired) electrons. The minimum Gasteiger partial charge on any atom is -0.484 e.